The van der Waals surface area contributed by atoms with Gasteiger partial charge in [-0.15, -0.1) is 11.3 Å². The van der Waals surface area contributed by atoms with E-state index in [0.29, 0.717) is 0 Å². The number of nitrogens with zero attached hydrogens (tertiary/aromatic N) is 2. The van der Waals surface area contributed by atoms with Gasteiger partial charge in [-0.25, -0.2) is 4.79 Å². The van der Waals surface area contributed by atoms with E-state index < -0.39 is 17.8 Å². The Morgan fingerprint density at radius 2 is 1.87 bits per heavy atom. The van der Waals surface area contributed by atoms with E-state index in [2.05, 4.69) is 31.9 Å². The number of benzene rings is 1. The highest BCUT2D eigenvalue weighted by Crippen LogP contribution is 2.27. The number of hydrogen-bond acceptors (Lipinski definition) is 4. The molecule has 1 aliphatic rings. The van der Waals surface area contributed by atoms with Crippen LogP contribution in [-0.4, -0.2) is 27.3 Å². The van der Waals surface area contributed by atoms with Crippen LogP contribution in [0.15, 0.2) is 51.8 Å². The molecule has 1 N–H and O–H groups in total. The van der Waals surface area contributed by atoms with E-state index in [1.165, 1.54) is 11.3 Å². The Bertz CT molecular complexity index is 1240. The maximum atomic E-state index is 13.0. The number of carbonyl (C=O) groups excluding carboxylic acids is 3. The molecule has 0 bridgehead atoms. The Kier molecular flexibility index (Phi) is 5.68. The zero-order valence-electron chi connectivity index (χ0n) is 17.2. The molecule has 3 heterocycles. The fourth-order valence-corrected chi connectivity index (χ4v) is 4.59. The lowest BCUT2D eigenvalue weighted by atomic mass is 10.1. The Labute approximate surface area is 192 Å². The summed E-state index contributed by atoms with van der Waals surface area (Å²) in [7, 11) is 0. The fraction of sp³-hybridized carbons (Fsp3) is 0.174. The van der Waals surface area contributed by atoms with Crippen molar-refractivity contribution in [3.63, 3.8) is 0 Å². The summed E-state index contributed by atoms with van der Waals surface area (Å²) in [5.41, 5.74) is 4.67. The molecule has 31 heavy (non-hydrogen) atoms. The van der Waals surface area contributed by atoms with E-state index in [9.17, 15) is 14.4 Å². The second-order valence-corrected chi connectivity index (χ2v) is 9.27. The number of imide groups is 2. The van der Waals surface area contributed by atoms with Crippen LogP contribution in [0, 0.1) is 20.8 Å². The Morgan fingerprint density at radius 3 is 2.55 bits per heavy atom. The second-order valence-electron chi connectivity index (χ2n) is 7.38. The number of carbonyl (C=O) groups is 3. The molecule has 2 aromatic heterocycles. The molecule has 1 aliphatic heterocycles. The van der Waals surface area contributed by atoms with Crippen molar-refractivity contribution in [1.29, 1.82) is 0 Å². The molecule has 4 amide bonds. The maximum absolute atomic E-state index is 13.0. The molecule has 1 saturated heterocycles. The highest BCUT2D eigenvalue weighted by molar-refractivity contribution is 9.10. The summed E-state index contributed by atoms with van der Waals surface area (Å²) in [4.78, 5) is 39.6. The van der Waals surface area contributed by atoms with Crippen molar-refractivity contribution in [2.24, 2.45) is 0 Å². The van der Waals surface area contributed by atoms with Gasteiger partial charge in [0.05, 0.1) is 6.54 Å². The molecular formula is C23H20BrN3O3S. The van der Waals surface area contributed by atoms with Gasteiger partial charge in [0.1, 0.15) is 5.57 Å². The summed E-state index contributed by atoms with van der Waals surface area (Å²) in [5.74, 6) is -1.27. The van der Waals surface area contributed by atoms with Crippen molar-refractivity contribution in [3.05, 3.63) is 79.2 Å². The van der Waals surface area contributed by atoms with E-state index in [1.54, 1.807) is 6.08 Å². The minimum Gasteiger partial charge on any atom is -0.318 e. The van der Waals surface area contributed by atoms with Gasteiger partial charge in [0.25, 0.3) is 11.8 Å². The number of thiophene rings is 1. The maximum Gasteiger partial charge on any atom is 0.331 e. The Hall–Kier alpha value is -2.97. The van der Waals surface area contributed by atoms with Gasteiger partial charge < -0.3 is 4.57 Å². The molecule has 8 heteroatoms. The van der Waals surface area contributed by atoms with Crippen molar-refractivity contribution in [1.82, 2.24) is 14.8 Å². The predicted octanol–water partition coefficient (Wildman–Crippen LogP) is 4.89. The second kappa shape index (κ2) is 8.28. The summed E-state index contributed by atoms with van der Waals surface area (Å²) >= 11 is 4.97. The minimum absolute atomic E-state index is 0.0524. The number of hydrogen-bond donors (Lipinski definition) is 1. The van der Waals surface area contributed by atoms with Crippen LogP contribution in [0.1, 0.15) is 27.4 Å². The Morgan fingerprint density at radius 1 is 1.10 bits per heavy atom. The molecule has 158 valence electrons. The number of aryl methyl sites for hydroxylation is 2. The monoisotopic (exact) mass is 497 g/mol. The highest BCUT2D eigenvalue weighted by atomic mass is 79.9. The van der Waals surface area contributed by atoms with Crippen LogP contribution in [-0.2, 0) is 16.1 Å². The normalized spacial score (nSPS) is 15.7. The fourth-order valence-electron chi connectivity index (χ4n) is 3.65. The van der Waals surface area contributed by atoms with Gasteiger partial charge in [-0.2, -0.15) is 0 Å². The highest BCUT2D eigenvalue weighted by Gasteiger charge is 2.36. The van der Waals surface area contributed by atoms with Crippen LogP contribution in [0.4, 0.5) is 4.79 Å². The molecule has 0 spiro atoms. The molecule has 1 aromatic carbocycles. The van der Waals surface area contributed by atoms with Crippen molar-refractivity contribution in [3.8, 4) is 5.69 Å². The first-order valence-corrected chi connectivity index (χ1v) is 11.3. The standard InChI is InChI=1S/C23H20BrN3O3S/c1-13-9-17(6-7-20(13)24)27-14(2)10-16(15(27)3)11-19-21(28)25-23(30)26(22(19)29)12-18-5-4-8-31-18/h4-11H,12H2,1-3H3,(H,25,28,30). The van der Waals surface area contributed by atoms with E-state index in [0.717, 1.165) is 42.5 Å². The molecular weight excluding hydrogens is 478 g/mol. The summed E-state index contributed by atoms with van der Waals surface area (Å²) in [6.45, 7) is 6.07. The van der Waals surface area contributed by atoms with Crippen LogP contribution in [0.2, 0.25) is 0 Å². The number of amides is 4. The number of nitrogens with one attached hydrogen (secondary N) is 1. The molecule has 0 unspecified atom stereocenters. The number of halogens is 1. The first-order chi connectivity index (χ1) is 14.8. The third-order valence-electron chi connectivity index (χ3n) is 5.25. The summed E-state index contributed by atoms with van der Waals surface area (Å²) in [6.07, 6.45) is 1.57. The average Bonchev–Trinajstić information content (AvgIpc) is 3.32. The minimum atomic E-state index is -0.698. The third kappa shape index (κ3) is 4.00. The van der Waals surface area contributed by atoms with E-state index in [1.807, 2.05) is 56.5 Å². The van der Waals surface area contributed by atoms with Crippen molar-refractivity contribution < 1.29 is 14.4 Å². The van der Waals surface area contributed by atoms with E-state index >= 15 is 0 Å². The van der Waals surface area contributed by atoms with Crippen LogP contribution in [0.3, 0.4) is 0 Å². The summed E-state index contributed by atoms with van der Waals surface area (Å²) < 4.78 is 3.10. The molecule has 0 radical (unpaired) electrons. The quantitative estimate of drug-likeness (QED) is 0.412. The van der Waals surface area contributed by atoms with E-state index in [4.69, 9.17) is 0 Å². The first-order valence-electron chi connectivity index (χ1n) is 9.63. The molecule has 0 atom stereocenters. The van der Waals surface area contributed by atoms with Gasteiger partial charge in [0.2, 0.25) is 0 Å². The van der Waals surface area contributed by atoms with Crippen molar-refractivity contribution in [2.45, 2.75) is 27.3 Å². The lowest BCUT2D eigenvalue weighted by Crippen LogP contribution is -2.53. The van der Waals surface area contributed by atoms with Crippen molar-refractivity contribution >= 4 is 51.2 Å². The SMILES string of the molecule is Cc1cc(-n2c(C)cc(C=C3C(=O)NC(=O)N(Cc4cccs4)C3=O)c2C)ccc1Br. The van der Waals surface area contributed by atoms with Gasteiger partial charge in [-0.3, -0.25) is 19.8 Å². The van der Waals surface area contributed by atoms with Gasteiger partial charge in [0, 0.05) is 26.4 Å². The number of rotatable bonds is 4. The van der Waals surface area contributed by atoms with Gasteiger partial charge in [0.15, 0.2) is 0 Å². The zero-order chi connectivity index (χ0) is 22.3. The Balaban J connectivity index is 1.71. The topological polar surface area (TPSA) is 71.4 Å². The molecule has 4 rings (SSSR count). The summed E-state index contributed by atoms with van der Waals surface area (Å²) in [5, 5.41) is 4.16. The largest absolute Gasteiger partial charge is 0.331 e. The molecule has 3 aromatic rings. The molecule has 0 saturated carbocycles. The summed E-state index contributed by atoms with van der Waals surface area (Å²) in [6, 6.07) is 11.0. The van der Waals surface area contributed by atoms with E-state index in [-0.39, 0.29) is 12.1 Å². The predicted molar refractivity (Wildman–Crippen MR) is 124 cm³/mol. The average molecular weight is 498 g/mol. The number of aromatic nitrogens is 1. The third-order valence-corrected chi connectivity index (χ3v) is 7.00. The van der Waals surface area contributed by atoms with Gasteiger partial charge >= 0.3 is 6.03 Å². The van der Waals surface area contributed by atoms with Gasteiger partial charge in [-0.1, -0.05) is 22.0 Å². The van der Waals surface area contributed by atoms with Crippen LogP contribution >= 0.6 is 27.3 Å². The lowest BCUT2D eigenvalue weighted by molar-refractivity contribution is -0.130. The first kappa shape index (κ1) is 21.3. The number of barbiturate groups is 1. The van der Waals surface area contributed by atoms with Crippen LogP contribution in [0.25, 0.3) is 11.8 Å². The lowest BCUT2D eigenvalue weighted by Gasteiger charge is -2.25. The molecule has 6 nitrogen and oxygen atoms in total. The smallest absolute Gasteiger partial charge is 0.318 e. The van der Waals surface area contributed by atoms with Crippen LogP contribution < -0.4 is 5.32 Å². The molecule has 1 fully saturated rings. The molecule has 0 aliphatic carbocycles. The van der Waals surface area contributed by atoms with Crippen molar-refractivity contribution in [2.75, 3.05) is 0 Å². The number of urea groups is 1. The van der Waals surface area contributed by atoms with Gasteiger partial charge in [-0.05, 0) is 73.7 Å². The zero-order valence-corrected chi connectivity index (χ0v) is 19.6. The van der Waals surface area contributed by atoms with Crippen LogP contribution in [0.5, 0.6) is 0 Å².